The van der Waals surface area contributed by atoms with Crippen molar-refractivity contribution in [1.82, 2.24) is 10.4 Å². The van der Waals surface area contributed by atoms with E-state index in [9.17, 15) is 4.79 Å². The number of H-pyrrole nitrogens is 1. The molecule has 3 aromatic rings. The summed E-state index contributed by atoms with van der Waals surface area (Å²) >= 11 is 0. The van der Waals surface area contributed by atoms with Gasteiger partial charge in [0, 0.05) is 27.8 Å². The molecule has 0 saturated heterocycles. The Hall–Kier alpha value is -3.08. The molecule has 2 aromatic carbocycles. The van der Waals surface area contributed by atoms with Crippen molar-refractivity contribution in [1.29, 1.82) is 0 Å². The van der Waals surface area contributed by atoms with E-state index in [0.29, 0.717) is 0 Å². The average Bonchev–Trinajstić information content (AvgIpc) is 2.90. The van der Waals surface area contributed by atoms with Crippen molar-refractivity contribution in [3.05, 3.63) is 65.4 Å². The first-order valence-electron chi connectivity index (χ1n) is 7.84. The largest absolute Gasteiger partial charge is 0.376 e. The van der Waals surface area contributed by atoms with Crippen LogP contribution in [-0.4, -0.2) is 23.7 Å². The van der Waals surface area contributed by atoms with Crippen LogP contribution in [0, 0.1) is 13.8 Å². The van der Waals surface area contributed by atoms with Crippen molar-refractivity contribution in [3.8, 4) is 0 Å². The fourth-order valence-corrected chi connectivity index (χ4v) is 2.62. The number of rotatable bonds is 5. The number of fused-ring (bicyclic) bond motifs is 1. The molecule has 3 rings (SSSR count). The van der Waals surface area contributed by atoms with Crippen LogP contribution >= 0.6 is 0 Å². The monoisotopic (exact) mass is 320 g/mol. The molecular weight excluding hydrogens is 300 g/mol. The lowest BCUT2D eigenvalue weighted by Gasteiger charge is -2.07. The fourth-order valence-electron chi connectivity index (χ4n) is 2.62. The van der Waals surface area contributed by atoms with Gasteiger partial charge in [-0.15, -0.1) is 0 Å². The van der Waals surface area contributed by atoms with Gasteiger partial charge < -0.3 is 10.3 Å². The SMILES string of the molecule is Cc1ccccc1NCC(=O)N/N=C\c1c(C)[nH]c2ccccc12. The Morgan fingerprint density at radius 1 is 1.12 bits per heavy atom. The van der Waals surface area contributed by atoms with E-state index in [1.165, 1.54) is 0 Å². The maximum absolute atomic E-state index is 11.9. The van der Waals surface area contributed by atoms with E-state index in [1.807, 2.05) is 62.4 Å². The van der Waals surface area contributed by atoms with Gasteiger partial charge in [-0.2, -0.15) is 5.10 Å². The van der Waals surface area contributed by atoms with Gasteiger partial charge >= 0.3 is 0 Å². The number of nitrogens with one attached hydrogen (secondary N) is 3. The first kappa shape index (κ1) is 15.8. The Balaban J connectivity index is 1.60. The van der Waals surface area contributed by atoms with Gasteiger partial charge in [0.1, 0.15) is 0 Å². The Morgan fingerprint density at radius 2 is 1.88 bits per heavy atom. The summed E-state index contributed by atoms with van der Waals surface area (Å²) in [6.07, 6.45) is 1.68. The van der Waals surface area contributed by atoms with Gasteiger partial charge in [0.15, 0.2) is 0 Å². The summed E-state index contributed by atoms with van der Waals surface area (Å²) in [6.45, 7) is 4.16. The van der Waals surface area contributed by atoms with Crippen molar-refractivity contribution < 1.29 is 4.79 Å². The van der Waals surface area contributed by atoms with Crippen molar-refractivity contribution in [2.24, 2.45) is 5.10 Å². The zero-order valence-electron chi connectivity index (χ0n) is 13.8. The van der Waals surface area contributed by atoms with E-state index < -0.39 is 0 Å². The van der Waals surface area contributed by atoms with E-state index in [-0.39, 0.29) is 12.5 Å². The molecule has 0 unspecified atom stereocenters. The maximum Gasteiger partial charge on any atom is 0.259 e. The third kappa shape index (κ3) is 3.46. The Kier molecular flexibility index (Phi) is 4.61. The second kappa shape index (κ2) is 7.00. The standard InChI is InChI=1S/C19H20N4O/c1-13-7-3-5-9-17(13)20-12-19(24)23-21-11-16-14(2)22-18-10-6-4-8-15(16)18/h3-11,20,22H,12H2,1-2H3,(H,23,24)/b21-11-. The van der Waals surface area contributed by atoms with Gasteiger partial charge in [0.2, 0.25) is 0 Å². The number of aryl methyl sites for hydroxylation is 2. The summed E-state index contributed by atoms with van der Waals surface area (Å²) in [5, 5.41) is 8.27. The number of aromatic nitrogens is 1. The van der Waals surface area contributed by atoms with Crippen molar-refractivity contribution in [2.75, 3.05) is 11.9 Å². The number of hydrogen-bond acceptors (Lipinski definition) is 3. The number of anilines is 1. The zero-order valence-corrected chi connectivity index (χ0v) is 13.8. The molecule has 0 bridgehead atoms. The average molecular weight is 320 g/mol. The molecule has 0 radical (unpaired) electrons. The number of carbonyl (C=O) groups excluding carboxylic acids is 1. The number of para-hydroxylation sites is 2. The van der Waals surface area contributed by atoms with E-state index >= 15 is 0 Å². The molecule has 0 fully saturated rings. The summed E-state index contributed by atoms with van der Waals surface area (Å²) in [7, 11) is 0. The highest BCUT2D eigenvalue weighted by atomic mass is 16.2. The minimum absolute atomic E-state index is 0.176. The van der Waals surface area contributed by atoms with Gasteiger partial charge in [-0.1, -0.05) is 36.4 Å². The van der Waals surface area contributed by atoms with Gasteiger partial charge in [-0.3, -0.25) is 4.79 Å². The van der Waals surface area contributed by atoms with Crippen LogP contribution < -0.4 is 10.7 Å². The van der Waals surface area contributed by atoms with Crippen molar-refractivity contribution in [2.45, 2.75) is 13.8 Å². The minimum atomic E-state index is -0.188. The summed E-state index contributed by atoms with van der Waals surface area (Å²) in [5.74, 6) is -0.188. The van der Waals surface area contributed by atoms with E-state index in [0.717, 1.165) is 33.4 Å². The molecule has 3 N–H and O–H groups in total. The first-order chi connectivity index (χ1) is 11.6. The lowest BCUT2D eigenvalue weighted by molar-refractivity contribution is -0.119. The van der Waals surface area contributed by atoms with E-state index in [4.69, 9.17) is 0 Å². The maximum atomic E-state index is 11.9. The van der Waals surface area contributed by atoms with Crippen LogP contribution in [0.3, 0.4) is 0 Å². The predicted molar refractivity (Wildman–Crippen MR) is 98.4 cm³/mol. The number of carbonyl (C=O) groups is 1. The zero-order chi connectivity index (χ0) is 16.9. The summed E-state index contributed by atoms with van der Waals surface area (Å²) in [6, 6.07) is 15.9. The lowest BCUT2D eigenvalue weighted by Crippen LogP contribution is -2.26. The number of aromatic amines is 1. The molecule has 0 atom stereocenters. The topological polar surface area (TPSA) is 69.3 Å². The highest BCUT2D eigenvalue weighted by Crippen LogP contribution is 2.19. The Bertz CT molecular complexity index is 895. The Labute approximate surface area is 140 Å². The van der Waals surface area contributed by atoms with Crippen molar-refractivity contribution >= 4 is 28.7 Å². The summed E-state index contributed by atoms with van der Waals surface area (Å²) in [5.41, 5.74) is 7.67. The van der Waals surface area contributed by atoms with Crippen LogP contribution in [0.4, 0.5) is 5.69 Å². The molecule has 0 spiro atoms. The third-order valence-electron chi connectivity index (χ3n) is 3.91. The van der Waals surface area contributed by atoms with Gasteiger partial charge in [-0.25, -0.2) is 5.43 Å². The molecule has 24 heavy (non-hydrogen) atoms. The molecule has 0 aliphatic rings. The van der Waals surface area contributed by atoms with Crippen LogP contribution in [0.15, 0.2) is 53.6 Å². The van der Waals surface area contributed by atoms with Crippen LogP contribution in [-0.2, 0) is 4.79 Å². The summed E-state index contributed by atoms with van der Waals surface area (Å²) < 4.78 is 0. The molecule has 5 heteroatoms. The van der Waals surface area contributed by atoms with E-state index in [2.05, 4.69) is 20.8 Å². The first-order valence-corrected chi connectivity index (χ1v) is 7.84. The molecule has 1 heterocycles. The Morgan fingerprint density at radius 3 is 2.71 bits per heavy atom. The van der Waals surface area contributed by atoms with Gasteiger partial charge in [0.05, 0.1) is 12.8 Å². The second-order valence-electron chi connectivity index (χ2n) is 5.67. The molecule has 122 valence electrons. The number of benzene rings is 2. The third-order valence-corrected chi connectivity index (χ3v) is 3.91. The highest BCUT2D eigenvalue weighted by Gasteiger charge is 2.06. The quantitative estimate of drug-likeness (QED) is 0.498. The molecule has 1 amide bonds. The predicted octanol–water partition coefficient (Wildman–Crippen LogP) is 3.35. The number of hydrogen-bond donors (Lipinski definition) is 3. The van der Waals surface area contributed by atoms with Gasteiger partial charge in [-0.05, 0) is 31.5 Å². The number of nitrogens with zero attached hydrogens (tertiary/aromatic N) is 1. The normalized spacial score (nSPS) is 11.1. The van der Waals surface area contributed by atoms with Crippen LogP contribution in [0.25, 0.3) is 10.9 Å². The highest BCUT2D eigenvalue weighted by molar-refractivity contribution is 6.00. The fraction of sp³-hybridized carbons (Fsp3) is 0.158. The number of amides is 1. The number of hydrazone groups is 1. The van der Waals surface area contributed by atoms with Crippen LogP contribution in [0.5, 0.6) is 0 Å². The van der Waals surface area contributed by atoms with Crippen LogP contribution in [0.2, 0.25) is 0 Å². The van der Waals surface area contributed by atoms with E-state index in [1.54, 1.807) is 6.21 Å². The molecule has 0 saturated carbocycles. The lowest BCUT2D eigenvalue weighted by atomic mass is 10.1. The summed E-state index contributed by atoms with van der Waals surface area (Å²) in [4.78, 5) is 15.2. The molecule has 0 aliphatic heterocycles. The smallest absolute Gasteiger partial charge is 0.259 e. The minimum Gasteiger partial charge on any atom is -0.376 e. The molecule has 5 nitrogen and oxygen atoms in total. The second-order valence-corrected chi connectivity index (χ2v) is 5.67. The molecule has 1 aromatic heterocycles. The van der Waals surface area contributed by atoms with Crippen molar-refractivity contribution in [3.63, 3.8) is 0 Å². The van der Waals surface area contributed by atoms with Gasteiger partial charge in [0.25, 0.3) is 5.91 Å². The van der Waals surface area contributed by atoms with Crippen LogP contribution in [0.1, 0.15) is 16.8 Å². The molecule has 0 aliphatic carbocycles. The molecular formula is C19H20N4O.